The molecule has 3 heterocycles. The van der Waals surface area contributed by atoms with Crippen LogP contribution >= 0.6 is 0 Å². The Labute approximate surface area is 218 Å². The number of anilines is 1. The zero-order valence-corrected chi connectivity index (χ0v) is 22.6. The number of benzene rings is 1. The second kappa shape index (κ2) is 11.4. The van der Waals surface area contributed by atoms with Crippen LogP contribution in [0.1, 0.15) is 78.5 Å². The Morgan fingerprint density at radius 2 is 1.97 bits per heavy atom. The predicted octanol–water partition coefficient (Wildman–Crippen LogP) is 6.66. The van der Waals surface area contributed by atoms with Crippen molar-refractivity contribution in [3.8, 4) is 11.1 Å². The molecule has 37 heavy (non-hydrogen) atoms. The molecule has 2 aromatic rings. The molecule has 0 bridgehead atoms. The summed E-state index contributed by atoms with van der Waals surface area (Å²) in [4.78, 5) is 16.6. The van der Waals surface area contributed by atoms with Gasteiger partial charge in [-0.15, -0.1) is 0 Å². The molecule has 2 atom stereocenters. The first-order chi connectivity index (χ1) is 17.5. The molecule has 9 heteroatoms. The van der Waals surface area contributed by atoms with E-state index < -0.39 is 12.0 Å². The largest absolute Gasteiger partial charge is 0.444 e. The van der Waals surface area contributed by atoms with Gasteiger partial charge in [0.25, 0.3) is 6.43 Å². The highest BCUT2D eigenvalue weighted by atomic mass is 19.3. The lowest BCUT2D eigenvalue weighted by Gasteiger charge is -2.43. The Morgan fingerprint density at radius 1 is 1.19 bits per heavy atom. The van der Waals surface area contributed by atoms with Gasteiger partial charge in [0.1, 0.15) is 11.8 Å². The summed E-state index contributed by atoms with van der Waals surface area (Å²) >= 11 is 0. The summed E-state index contributed by atoms with van der Waals surface area (Å²) in [5.74, 6) is 0.344. The van der Waals surface area contributed by atoms with Crippen LogP contribution in [-0.2, 0) is 9.47 Å². The number of carbonyl (C=O) groups is 1. The van der Waals surface area contributed by atoms with Crippen molar-refractivity contribution in [2.24, 2.45) is 5.92 Å². The van der Waals surface area contributed by atoms with E-state index in [0.29, 0.717) is 43.4 Å². The number of amides is 1. The predicted molar refractivity (Wildman–Crippen MR) is 140 cm³/mol. The van der Waals surface area contributed by atoms with Crippen molar-refractivity contribution in [1.82, 2.24) is 14.7 Å². The molecule has 2 aliphatic rings. The number of rotatable bonds is 6. The maximum absolute atomic E-state index is 14.3. The lowest BCUT2D eigenvalue weighted by atomic mass is 9.98. The topological polar surface area (TPSA) is 59.8 Å². The molecule has 2 saturated heterocycles. The fourth-order valence-corrected chi connectivity index (χ4v) is 5.15. The van der Waals surface area contributed by atoms with Crippen LogP contribution in [0.5, 0.6) is 0 Å². The van der Waals surface area contributed by atoms with Gasteiger partial charge in [0.05, 0.1) is 12.2 Å². The molecule has 0 saturated carbocycles. The summed E-state index contributed by atoms with van der Waals surface area (Å²) in [5.41, 5.74) is 1.40. The van der Waals surface area contributed by atoms with Crippen molar-refractivity contribution < 1.29 is 23.0 Å². The SMILES string of the molecule is CC(C)CC1CN(c2ccc(-c3cnn(C4CCCCO4)c3)cc2C(F)F)CCN1C(=O)OC(C)(C)C. The summed E-state index contributed by atoms with van der Waals surface area (Å²) in [6, 6.07) is 5.10. The summed E-state index contributed by atoms with van der Waals surface area (Å²) in [5, 5.41) is 4.44. The molecule has 1 amide bonds. The highest BCUT2D eigenvalue weighted by Gasteiger charge is 2.35. The van der Waals surface area contributed by atoms with Crippen molar-refractivity contribution in [2.75, 3.05) is 31.1 Å². The minimum Gasteiger partial charge on any atom is -0.444 e. The zero-order valence-electron chi connectivity index (χ0n) is 22.6. The normalized spacial score (nSPS) is 21.1. The third kappa shape index (κ3) is 6.80. The molecule has 204 valence electrons. The van der Waals surface area contributed by atoms with Gasteiger partial charge in [-0.2, -0.15) is 5.10 Å². The van der Waals surface area contributed by atoms with E-state index in [4.69, 9.17) is 9.47 Å². The van der Waals surface area contributed by atoms with Crippen molar-refractivity contribution in [2.45, 2.75) is 84.6 Å². The van der Waals surface area contributed by atoms with E-state index in [0.717, 1.165) is 31.2 Å². The molecule has 0 radical (unpaired) electrons. The molecule has 0 aliphatic carbocycles. The quantitative estimate of drug-likeness (QED) is 0.428. The molecular formula is C28H40F2N4O3. The lowest BCUT2D eigenvalue weighted by Crippen LogP contribution is -2.56. The van der Waals surface area contributed by atoms with Gasteiger partial charge < -0.3 is 19.3 Å². The van der Waals surface area contributed by atoms with Crippen LogP contribution in [0.4, 0.5) is 19.3 Å². The first-order valence-electron chi connectivity index (χ1n) is 13.3. The van der Waals surface area contributed by atoms with Crippen LogP contribution in [-0.4, -0.2) is 58.7 Å². The maximum atomic E-state index is 14.3. The van der Waals surface area contributed by atoms with E-state index >= 15 is 0 Å². The van der Waals surface area contributed by atoms with Crippen molar-refractivity contribution >= 4 is 11.8 Å². The Bertz CT molecular complexity index is 1060. The van der Waals surface area contributed by atoms with Gasteiger partial charge in [0.2, 0.25) is 0 Å². The number of ether oxygens (including phenoxy) is 2. The molecule has 0 spiro atoms. The van der Waals surface area contributed by atoms with Crippen LogP contribution in [0.2, 0.25) is 0 Å². The second-order valence-corrected chi connectivity index (χ2v) is 11.5. The second-order valence-electron chi connectivity index (χ2n) is 11.5. The van der Waals surface area contributed by atoms with E-state index in [9.17, 15) is 13.6 Å². The number of halogens is 2. The van der Waals surface area contributed by atoms with Crippen molar-refractivity contribution in [1.29, 1.82) is 0 Å². The summed E-state index contributed by atoms with van der Waals surface area (Å²) in [6.07, 6.45) is 4.31. The summed E-state index contributed by atoms with van der Waals surface area (Å²) in [6.45, 7) is 11.8. The van der Waals surface area contributed by atoms with E-state index in [-0.39, 0.29) is 23.9 Å². The molecule has 7 nitrogen and oxygen atoms in total. The Kier molecular flexibility index (Phi) is 8.41. The lowest BCUT2D eigenvalue weighted by molar-refractivity contribution is -0.0394. The maximum Gasteiger partial charge on any atom is 0.410 e. The van der Waals surface area contributed by atoms with Crippen LogP contribution in [0.3, 0.4) is 0 Å². The van der Waals surface area contributed by atoms with Crippen molar-refractivity contribution in [3.63, 3.8) is 0 Å². The molecule has 1 aromatic heterocycles. The molecule has 1 aromatic carbocycles. The van der Waals surface area contributed by atoms with Crippen LogP contribution in [0.15, 0.2) is 30.6 Å². The number of nitrogens with zero attached hydrogens (tertiary/aromatic N) is 4. The molecule has 4 rings (SSSR count). The van der Waals surface area contributed by atoms with E-state index in [2.05, 4.69) is 18.9 Å². The van der Waals surface area contributed by atoms with Gasteiger partial charge >= 0.3 is 6.09 Å². The highest BCUT2D eigenvalue weighted by molar-refractivity contribution is 5.71. The molecule has 2 unspecified atom stereocenters. The summed E-state index contributed by atoms with van der Waals surface area (Å²) in [7, 11) is 0. The molecule has 0 N–H and O–H groups in total. The number of aromatic nitrogens is 2. The third-order valence-electron chi connectivity index (χ3n) is 6.84. The number of hydrogen-bond acceptors (Lipinski definition) is 5. The minimum atomic E-state index is -2.63. The van der Waals surface area contributed by atoms with Gasteiger partial charge in [-0.05, 0) is 70.1 Å². The van der Waals surface area contributed by atoms with Crippen LogP contribution in [0, 0.1) is 5.92 Å². The number of alkyl halides is 2. The van der Waals surface area contributed by atoms with Gasteiger partial charge in [-0.3, -0.25) is 0 Å². The Hall–Kier alpha value is -2.68. The van der Waals surface area contributed by atoms with Gasteiger partial charge in [0, 0.05) is 49.3 Å². The van der Waals surface area contributed by atoms with Crippen LogP contribution in [0.25, 0.3) is 11.1 Å². The first-order valence-corrected chi connectivity index (χ1v) is 13.3. The smallest absolute Gasteiger partial charge is 0.410 e. The van der Waals surface area contributed by atoms with E-state index in [1.807, 2.05) is 37.9 Å². The molecular weight excluding hydrogens is 478 g/mol. The fourth-order valence-electron chi connectivity index (χ4n) is 5.15. The Morgan fingerprint density at radius 3 is 2.62 bits per heavy atom. The van der Waals surface area contributed by atoms with Crippen LogP contribution < -0.4 is 4.90 Å². The average molecular weight is 519 g/mol. The van der Waals surface area contributed by atoms with Gasteiger partial charge in [0.15, 0.2) is 0 Å². The fraction of sp³-hybridized carbons (Fsp3) is 0.643. The van der Waals surface area contributed by atoms with Gasteiger partial charge in [-0.1, -0.05) is 19.9 Å². The first kappa shape index (κ1) is 27.4. The number of carbonyl (C=O) groups excluding carboxylic acids is 1. The third-order valence-corrected chi connectivity index (χ3v) is 6.84. The van der Waals surface area contributed by atoms with E-state index in [1.54, 1.807) is 27.9 Å². The number of piperazine rings is 1. The van der Waals surface area contributed by atoms with E-state index in [1.165, 1.54) is 0 Å². The average Bonchev–Trinajstić information content (AvgIpc) is 3.33. The number of hydrogen-bond donors (Lipinski definition) is 0. The zero-order chi connectivity index (χ0) is 26.7. The van der Waals surface area contributed by atoms with Gasteiger partial charge in [-0.25, -0.2) is 18.3 Å². The molecule has 2 aliphatic heterocycles. The highest BCUT2D eigenvalue weighted by Crippen LogP contribution is 2.36. The summed E-state index contributed by atoms with van der Waals surface area (Å²) < 4.78 is 41.9. The Balaban J connectivity index is 1.55. The van der Waals surface area contributed by atoms with Crippen molar-refractivity contribution in [3.05, 3.63) is 36.2 Å². The standard InChI is InChI=1S/C28H40F2N4O3/c1-19(2)14-22-18-32(11-12-33(22)27(35)37-28(3,4)5)24-10-9-20(15-23(24)26(29)30)21-16-31-34(17-21)25-8-6-7-13-36-25/h9-10,15-17,19,22,25-26H,6-8,11-14,18H2,1-5H3. The monoisotopic (exact) mass is 518 g/mol. The molecule has 2 fully saturated rings. The minimum absolute atomic E-state index is 0.00631.